The molecule has 2 aromatic rings. The summed E-state index contributed by atoms with van der Waals surface area (Å²) in [6, 6.07) is 0.690. The van der Waals surface area contributed by atoms with Gasteiger partial charge in [-0.3, -0.25) is 4.79 Å². The Hall–Kier alpha value is -2.82. The molecule has 11 heteroatoms. The van der Waals surface area contributed by atoms with Crippen molar-refractivity contribution in [3.8, 4) is 0 Å². The van der Waals surface area contributed by atoms with Gasteiger partial charge in [0.1, 0.15) is 5.65 Å². The first-order chi connectivity index (χ1) is 14.6. The first kappa shape index (κ1) is 22.9. The Bertz CT molecular complexity index is 967. The lowest BCUT2D eigenvalue weighted by molar-refractivity contribution is -0.136. The zero-order valence-electron chi connectivity index (χ0n) is 17.5. The van der Waals surface area contributed by atoms with Gasteiger partial charge in [0.15, 0.2) is 5.69 Å². The van der Waals surface area contributed by atoms with Crippen LogP contribution in [0.25, 0.3) is 11.0 Å². The fraction of sp³-hybridized carbons (Fsp3) is 0.550. The van der Waals surface area contributed by atoms with Gasteiger partial charge in [-0.05, 0) is 26.3 Å². The van der Waals surface area contributed by atoms with Crippen LogP contribution in [0, 0.1) is 5.92 Å². The number of carbonyl (C=O) groups is 2. The predicted octanol–water partition coefficient (Wildman–Crippen LogP) is 3.57. The topological polar surface area (TPSA) is 94.5 Å². The van der Waals surface area contributed by atoms with Crippen molar-refractivity contribution in [1.82, 2.24) is 9.55 Å². The van der Waals surface area contributed by atoms with E-state index in [0.717, 1.165) is 0 Å². The number of fused-ring (bicyclic) bond motifs is 1. The van der Waals surface area contributed by atoms with E-state index in [2.05, 4.69) is 15.6 Å². The Balaban J connectivity index is 2.03. The lowest BCUT2D eigenvalue weighted by Crippen LogP contribution is -2.24. The van der Waals surface area contributed by atoms with E-state index in [-0.39, 0.29) is 29.8 Å². The Morgan fingerprint density at radius 1 is 1.42 bits per heavy atom. The second kappa shape index (κ2) is 9.13. The Morgan fingerprint density at radius 3 is 2.74 bits per heavy atom. The van der Waals surface area contributed by atoms with Crippen LogP contribution in [-0.2, 0) is 20.8 Å². The van der Waals surface area contributed by atoms with E-state index in [9.17, 15) is 22.8 Å². The van der Waals surface area contributed by atoms with Gasteiger partial charge in [0.25, 0.3) is 0 Å². The molecule has 2 unspecified atom stereocenters. The van der Waals surface area contributed by atoms with Crippen LogP contribution >= 0.6 is 0 Å². The van der Waals surface area contributed by atoms with Crippen molar-refractivity contribution < 1.29 is 32.2 Å². The number of nitrogens with zero attached hydrogens (tertiary/aromatic N) is 2. The fourth-order valence-corrected chi connectivity index (χ4v) is 3.70. The van der Waals surface area contributed by atoms with E-state index in [1.54, 1.807) is 10.6 Å². The summed E-state index contributed by atoms with van der Waals surface area (Å²) in [4.78, 5) is 29.6. The van der Waals surface area contributed by atoms with Crippen molar-refractivity contribution in [3.05, 3.63) is 18.0 Å². The summed E-state index contributed by atoms with van der Waals surface area (Å²) in [6.07, 6.45) is -3.36. The molecule has 2 N–H and O–H groups in total. The molecule has 1 amide bonds. The van der Waals surface area contributed by atoms with Gasteiger partial charge in [0.05, 0.1) is 43.6 Å². The van der Waals surface area contributed by atoms with Crippen molar-refractivity contribution in [2.75, 3.05) is 31.0 Å². The highest BCUT2D eigenvalue weighted by molar-refractivity contribution is 6.11. The van der Waals surface area contributed by atoms with Crippen molar-refractivity contribution in [1.29, 1.82) is 0 Å². The number of nitrogens with one attached hydrogen (secondary N) is 2. The van der Waals surface area contributed by atoms with Crippen molar-refractivity contribution in [2.45, 2.75) is 45.5 Å². The number of carbonyl (C=O) groups excluding carboxylic acids is 2. The van der Waals surface area contributed by atoms with Gasteiger partial charge in [-0.2, -0.15) is 13.2 Å². The number of aryl methyl sites for hydroxylation is 1. The minimum absolute atomic E-state index is 0.125. The molecule has 0 saturated carbocycles. The number of hydrogen-bond acceptors (Lipinski definition) is 6. The van der Waals surface area contributed by atoms with Crippen LogP contribution in [0.2, 0.25) is 0 Å². The molecule has 2 aromatic heterocycles. The highest BCUT2D eigenvalue weighted by Crippen LogP contribution is 2.34. The molecule has 170 valence electrons. The molecule has 0 spiro atoms. The van der Waals surface area contributed by atoms with Crippen LogP contribution in [0.5, 0.6) is 0 Å². The third-order valence-corrected chi connectivity index (χ3v) is 5.09. The van der Waals surface area contributed by atoms with Crippen LogP contribution in [0.3, 0.4) is 0 Å². The largest absolute Gasteiger partial charge is 0.464 e. The van der Waals surface area contributed by atoms with E-state index in [4.69, 9.17) is 9.47 Å². The molecular formula is C20H25F3N4O4. The van der Waals surface area contributed by atoms with Gasteiger partial charge in [-0.25, -0.2) is 9.78 Å². The number of halogens is 3. The smallest absolute Gasteiger partial charge is 0.391 e. The number of rotatable bonds is 7. The molecule has 31 heavy (non-hydrogen) atoms. The van der Waals surface area contributed by atoms with Gasteiger partial charge < -0.3 is 24.7 Å². The zero-order valence-corrected chi connectivity index (χ0v) is 17.5. The average Bonchev–Trinajstić information content (AvgIpc) is 3.32. The molecule has 0 aromatic carbocycles. The van der Waals surface area contributed by atoms with E-state index in [1.165, 1.54) is 20.2 Å². The molecule has 1 aliphatic rings. The molecule has 3 rings (SSSR count). The van der Waals surface area contributed by atoms with Crippen LogP contribution < -0.4 is 10.6 Å². The van der Waals surface area contributed by atoms with E-state index < -0.39 is 24.6 Å². The second-order valence-corrected chi connectivity index (χ2v) is 7.47. The number of hydrogen-bond donors (Lipinski definition) is 2. The third-order valence-electron chi connectivity index (χ3n) is 5.09. The maximum absolute atomic E-state index is 12.7. The van der Waals surface area contributed by atoms with Gasteiger partial charge >= 0.3 is 12.1 Å². The third kappa shape index (κ3) is 5.09. The average molecular weight is 442 g/mol. The van der Waals surface area contributed by atoms with E-state index in [0.29, 0.717) is 36.3 Å². The Morgan fingerprint density at radius 2 is 2.16 bits per heavy atom. The minimum Gasteiger partial charge on any atom is -0.464 e. The Labute approximate surface area is 177 Å². The number of ether oxygens (including phenoxy) is 2. The second-order valence-electron chi connectivity index (χ2n) is 7.47. The number of aromatic nitrogens is 2. The molecule has 1 aliphatic heterocycles. The highest BCUT2D eigenvalue weighted by Gasteiger charge is 2.31. The molecule has 3 heterocycles. The maximum atomic E-state index is 12.7. The normalized spacial score (nSPS) is 17.5. The monoisotopic (exact) mass is 442 g/mol. The fourth-order valence-electron chi connectivity index (χ4n) is 3.70. The van der Waals surface area contributed by atoms with Gasteiger partial charge in [-0.1, -0.05) is 0 Å². The predicted molar refractivity (Wildman–Crippen MR) is 108 cm³/mol. The zero-order chi connectivity index (χ0) is 22.8. The number of anilines is 2. The highest BCUT2D eigenvalue weighted by atomic mass is 19.4. The summed E-state index contributed by atoms with van der Waals surface area (Å²) in [6.45, 7) is 4.35. The summed E-state index contributed by atoms with van der Waals surface area (Å²) in [5.74, 6) is -1.31. The number of methoxy groups -OCH3 is 1. The summed E-state index contributed by atoms with van der Waals surface area (Å²) in [7, 11) is 1.23. The van der Waals surface area contributed by atoms with Gasteiger partial charge in [0.2, 0.25) is 5.91 Å². The van der Waals surface area contributed by atoms with E-state index >= 15 is 0 Å². The lowest BCUT2D eigenvalue weighted by atomic mass is 10.1. The molecular weight excluding hydrogens is 417 g/mol. The maximum Gasteiger partial charge on any atom is 0.391 e. The van der Waals surface area contributed by atoms with Crippen molar-refractivity contribution in [3.63, 3.8) is 0 Å². The molecule has 1 fully saturated rings. The summed E-state index contributed by atoms with van der Waals surface area (Å²) in [5, 5.41) is 6.00. The van der Waals surface area contributed by atoms with Gasteiger partial charge in [0, 0.05) is 24.6 Å². The Kier molecular flexibility index (Phi) is 6.73. The first-order valence-electron chi connectivity index (χ1n) is 9.97. The molecule has 8 nitrogen and oxygen atoms in total. The van der Waals surface area contributed by atoms with Crippen LogP contribution in [0.4, 0.5) is 24.5 Å². The number of alkyl halides is 3. The minimum atomic E-state index is -4.31. The standard InChI is InChI=1S/C20H25F3N4O4/c1-4-27-16(19(29)30-3)15(26-18(28)12-5-6-31-10-12)14-7-13(9-24-17(14)27)25-11(2)8-20(21,22)23/h7,9,11-12,25H,4-6,8,10H2,1-3H3,(H,26,28). The van der Waals surface area contributed by atoms with Crippen LogP contribution in [0.1, 0.15) is 37.2 Å². The number of esters is 1. The van der Waals surface area contributed by atoms with E-state index in [1.807, 2.05) is 6.92 Å². The summed E-state index contributed by atoms with van der Waals surface area (Å²) < 4.78 is 49.8. The molecule has 0 bridgehead atoms. The number of pyridine rings is 1. The summed E-state index contributed by atoms with van der Waals surface area (Å²) >= 11 is 0. The summed E-state index contributed by atoms with van der Waals surface area (Å²) in [5.41, 5.74) is 1.10. The van der Waals surface area contributed by atoms with Crippen molar-refractivity contribution >= 4 is 34.3 Å². The van der Waals surface area contributed by atoms with Crippen LogP contribution in [0.15, 0.2) is 12.3 Å². The quantitative estimate of drug-likeness (QED) is 0.637. The molecule has 0 radical (unpaired) electrons. The molecule has 1 saturated heterocycles. The first-order valence-corrected chi connectivity index (χ1v) is 9.97. The SMILES string of the molecule is CCn1c(C(=O)OC)c(NC(=O)C2CCOC2)c2cc(NC(C)CC(F)(F)F)cnc21. The molecule has 0 aliphatic carbocycles. The molecule has 2 atom stereocenters. The van der Waals surface area contributed by atoms with Gasteiger partial charge in [-0.15, -0.1) is 0 Å². The number of amides is 1. The lowest BCUT2D eigenvalue weighted by Gasteiger charge is -2.17. The van der Waals surface area contributed by atoms with Crippen LogP contribution in [-0.4, -0.2) is 54.0 Å². The van der Waals surface area contributed by atoms with Crippen molar-refractivity contribution in [2.24, 2.45) is 5.92 Å².